The molecule has 2 unspecified atom stereocenters. The van der Waals surface area contributed by atoms with E-state index in [-0.39, 0.29) is 18.2 Å². The number of nitrogens with two attached hydrogens (primary N) is 1. The molecule has 0 amide bonds. The zero-order valence-corrected chi connectivity index (χ0v) is 9.33. The lowest BCUT2D eigenvalue weighted by molar-refractivity contribution is 0.0560. The molecular formula is C11H23NO2. The first-order valence-corrected chi connectivity index (χ1v) is 5.60. The molecular weight excluding hydrogens is 178 g/mol. The summed E-state index contributed by atoms with van der Waals surface area (Å²) in [6.45, 7) is 4.95. The van der Waals surface area contributed by atoms with Crippen LogP contribution < -0.4 is 5.73 Å². The summed E-state index contributed by atoms with van der Waals surface area (Å²) in [6.07, 6.45) is 4.50. The highest BCUT2D eigenvalue weighted by Gasteiger charge is 2.38. The van der Waals surface area contributed by atoms with E-state index >= 15 is 0 Å². The van der Waals surface area contributed by atoms with E-state index in [1.165, 1.54) is 0 Å². The number of aliphatic hydroxyl groups excluding tert-OH is 1. The van der Waals surface area contributed by atoms with Gasteiger partial charge in [-0.05, 0) is 39.0 Å². The Morgan fingerprint density at radius 3 is 2.86 bits per heavy atom. The van der Waals surface area contributed by atoms with Crippen LogP contribution in [0.4, 0.5) is 0 Å². The summed E-state index contributed by atoms with van der Waals surface area (Å²) in [5.41, 5.74) is 5.78. The first kappa shape index (κ1) is 12.0. The first-order chi connectivity index (χ1) is 6.58. The Kier molecular flexibility index (Phi) is 4.35. The Morgan fingerprint density at radius 1 is 1.57 bits per heavy atom. The average molecular weight is 201 g/mol. The van der Waals surface area contributed by atoms with Crippen LogP contribution in [0.15, 0.2) is 0 Å². The number of hydrogen-bond acceptors (Lipinski definition) is 3. The lowest BCUT2D eigenvalue weighted by Gasteiger charge is -2.29. The molecule has 3 heteroatoms. The largest absolute Gasteiger partial charge is 0.394 e. The van der Waals surface area contributed by atoms with Crippen molar-refractivity contribution in [1.29, 1.82) is 0 Å². The quantitative estimate of drug-likeness (QED) is 0.704. The Balaban J connectivity index is 2.29. The second-order valence-corrected chi connectivity index (χ2v) is 4.69. The van der Waals surface area contributed by atoms with E-state index in [0.29, 0.717) is 5.92 Å². The van der Waals surface area contributed by atoms with Crippen LogP contribution >= 0.6 is 0 Å². The van der Waals surface area contributed by atoms with E-state index in [1.54, 1.807) is 0 Å². The Morgan fingerprint density at radius 2 is 2.29 bits per heavy atom. The molecule has 0 radical (unpaired) electrons. The van der Waals surface area contributed by atoms with Crippen molar-refractivity contribution >= 4 is 0 Å². The molecule has 0 aromatic heterocycles. The van der Waals surface area contributed by atoms with Gasteiger partial charge in [0.15, 0.2) is 0 Å². The number of ether oxygens (including phenoxy) is 1. The normalized spacial score (nSPS) is 32.8. The summed E-state index contributed by atoms with van der Waals surface area (Å²) in [4.78, 5) is 0. The SMILES string of the molecule is CC(C)OCCC1CCCC1(N)CO. The number of hydrogen-bond donors (Lipinski definition) is 2. The molecule has 1 fully saturated rings. The molecule has 3 nitrogen and oxygen atoms in total. The molecule has 0 bridgehead atoms. The van der Waals surface area contributed by atoms with Crippen molar-refractivity contribution in [1.82, 2.24) is 0 Å². The minimum Gasteiger partial charge on any atom is -0.394 e. The van der Waals surface area contributed by atoms with Gasteiger partial charge in [-0.25, -0.2) is 0 Å². The van der Waals surface area contributed by atoms with Crippen LogP contribution in [0.3, 0.4) is 0 Å². The highest BCUT2D eigenvalue weighted by molar-refractivity contribution is 4.95. The van der Waals surface area contributed by atoms with Gasteiger partial charge in [0.2, 0.25) is 0 Å². The van der Waals surface area contributed by atoms with Gasteiger partial charge in [0.05, 0.1) is 12.7 Å². The lowest BCUT2D eigenvalue weighted by atomic mass is 9.87. The van der Waals surface area contributed by atoms with Crippen LogP contribution in [0.2, 0.25) is 0 Å². The van der Waals surface area contributed by atoms with Gasteiger partial charge < -0.3 is 15.6 Å². The zero-order valence-electron chi connectivity index (χ0n) is 9.33. The molecule has 1 rings (SSSR count). The minimum absolute atomic E-state index is 0.110. The molecule has 84 valence electrons. The van der Waals surface area contributed by atoms with Crippen LogP contribution in [0.25, 0.3) is 0 Å². The molecule has 0 aliphatic heterocycles. The maximum atomic E-state index is 9.24. The summed E-state index contributed by atoms with van der Waals surface area (Å²) < 4.78 is 5.50. The zero-order chi connectivity index (χ0) is 10.6. The van der Waals surface area contributed by atoms with Gasteiger partial charge in [0.1, 0.15) is 0 Å². The standard InChI is InChI=1S/C11H23NO2/c1-9(2)14-7-5-10-4-3-6-11(10,12)8-13/h9-10,13H,3-8,12H2,1-2H3. The predicted octanol–water partition coefficient (Wildman–Crippen LogP) is 1.29. The molecule has 0 aromatic rings. The maximum absolute atomic E-state index is 9.24. The van der Waals surface area contributed by atoms with Gasteiger partial charge >= 0.3 is 0 Å². The summed E-state index contributed by atoms with van der Waals surface area (Å²) in [5.74, 6) is 0.436. The highest BCUT2D eigenvalue weighted by Crippen LogP contribution is 2.35. The summed E-state index contributed by atoms with van der Waals surface area (Å²) in [7, 11) is 0. The van der Waals surface area contributed by atoms with Crippen molar-refractivity contribution in [2.75, 3.05) is 13.2 Å². The molecule has 1 aliphatic rings. The number of rotatable bonds is 5. The Hall–Kier alpha value is -0.120. The third kappa shape index (κ3) is 2.94. The van der Waals surface area contributed by atoms with Gasteiger partial charge in [-0.1, -0.05) is 6.42 Å². The van der Waals surface area contributed by atoms with Crippen LogP contribution in [0.5, 0.6) is 0 Å². The Labute approximate surface area is 86.6 Å². The van der Waals surface area contributed by atoms with Crippen LogP contribution in [-0.2, 0) is 4.74 Å². The van der Waals surface area contributed by atoms with Crippen LogP contribution in [-0.4, -0.2) is 30.0 Å². The fraction of sp³-hybridized carbons (Fsp3) is 1.00. The topological polar surface area (TPSA) is 55.5 Å². The summed E-state index contributed by atoms with van der Waals surface area (Å²) in [6, 6.07) is 0. The molecule has 14 heavy (non-hydrogen) atoms. The van der Waals surface area contributed by atoms with Crippen molar-refractivity contribution in [3.05, 3.63) is 0 Å². The van der Waals surface area contributed by atoms with Crippen molar-refractivity contribution in [2.45, 2.75) is 51.2 Å². The fourth-order valence-corrected chi connectivity index (χ4v) is 2.26. The second kappa shape index (κ2) is 5.10. The molecule has 2 atom stereocenters. The molecule has 1 saturated carbocycles. The third-order valence-electron chi connectivity index (χ3n) is 3.22. The molecule has 3 N–H and O–H groups in total. The lowest BCUT2D eigenvalue weighted by Crippen LogP contribution is -2.47. The van der Waals surface area contributed by atoms with Gasteiger partial charge in [0, 0.05) is 12.1 Å². The minimum atomic E-state index is -0.333. The van der Waals surface area contributed by atoms with Crippen molar-refractivity contribution in [3.63, 3.8) is 0 Å². The summed E-state index contributed by atoms with van der Waals surface area (Å²) >= 11 is 0. The van der Waals surface area contributed by atoms with E-state index in [4.69, 9.17) is 10.5 Å². The molecule has 1 aliphatic carbocycles. The predicted molar refractivity (Wildman–Crippen MR) is 57.1 cm³/mol. The van der Waals surface area contributed by atoms with E-state index in [1.807, 2.05) is 13.8 Å². The van der Waals surface area contributed by atoms with Crippen molar-refractivity contribution in [3.8, 4) is 0 Å². The third-order valence-corrected chi connectivity index (χ3v) is 3.22. The number of aliphatic hydroxyl groups is 1. The monoisotopic (exact) mass is 201 g/mol. The van der Waals surface area contributed by atoms with Gasteiger partial charge in [0.25, 0.3) is 0 Å². The molecule has 0 heterocycles. The molecule has 0 aromatic carbocycles. The molecule has 0 saturated heterocycles. The highest BCUT2D eigenvalue weighted by atomic mass is 16.5. The first-order valence-electron chi connectivity index (χ1n) is 5.60. The fourth-order valence-electron chi connectivity index (χ4n) is 2.26. The van der Waals surface area contributed by atoms with Crippen LogP contribution in [0.1, 0.15) is 39.5 Å². The van der Waals surface area contributed by atoms with E-state index in [2.05, 4.69) is 0 Å². The average Bonchev–Trinajstić information content (AvgIpc) is 2.48. The van der Waals surface area contributed by atoms with Gasteiger partial charge in [-0.15, -0.1) is 0 Å². The second-order valence-electron chi connectivity index (χ2n) is 4.69. The van der Waals surface area contributed by atoms with Crippen molar-refractivity contribution < 1.29 is 9.84 Å². The van der Waals surface area contributed by atoms with E-state index in [0.717, 1.165) is 32.3 Å². The smallest absolute Gasteiger partial charge is 0.0613 e. The summed E-state index contributed by atoms with van der Waals surface area (Å²) in [5, 5.41) is 9.24. The van der Waals surface area contributed by atoms with Crippen LogP contribution in [0, 0.1) is 5.92 Å². The van der Waals surface area contributed by atoms with Gasteiger partial charge in [-0.2, -0.15) is 0 Å². The van der Waals surface area contributed by atoms with Gasteiger partial charge in [-0.3, -0.25) is 0 Å². The van der Waals surface area contributed by atoms with Crippen molar-refractivity contribution in [2.24, 2.45) is 11.7 Å². The Bertz CT molecular complexity index is 173. The maximum Gasteiger partial charge on any atom is 0.0613 e. The van der Waals surface area contributed by atoms with E-state index in [9.17, 15) is 5.11 Å². The molecule has 0 spiro atoms. The van der Waals surface area contributed by atoms with E-state index < -0.39 is 0 Å².